The van der Waals surface area contributed by atoms with Crippen LogP contribution < -0.4 is 5.32 Å². The first-order chi connectivity index (χ1) is 12.7. The summed E-state index contributed by atoms with van der Waals surface area (Å²) in [5.74, 6) is -0.717. The van der Waals surface area contributed by atoms with E-state index in [-0.39, 0.29) is 17.8 Å². The molecule has 0 saturated carbocycles. The van der Waals surface area contributed by atoms with Gasteiger partial charge in [0.1, 0.15) is 6.61 Å². The van der Waals surface area contributed by atoms with Crippen molar-refractivity contribution in [2.75, 3.05) is 6.61 Å². The molecule has 0 aromatic heterocycles. The quantitative estimate of drug-likeness (QED) is 0.391. The van der Waals surface area contributed by atoms with Gasteiger partial charge in [-0.15, -0.1) is 0 Å². The van der Waals surface area contributed by atoms with Crippen molar-refractivity contribution in [3.05, 3.63) is 68.6 Å². The van der Waals surface area contributed by atoms with E-state index in [1.165, 1.54) is 0 Å². The van der Waals surface area contributed by atoms with E-state index in [9.17, 15) is 9.59 Å². The molecule has 27 heavy (non-hydrogen) atoms. The number of nitrogens with one attached hydrogen (secondary N) is 1. The maximum Gasteiger partial charge on any atom is 0.337 e. The average Bonchev–Trinajstić information content (AvgIpc) is 2.58. The molecule has 1 aromatic rings. The predicted octanol–water partition coefficient (Wildman–Crippen LogP) is 4.62. The van der Waals surface area contributed by atoms with Crippen LogP contribution in [0.15, 0.2) is 59.5 Å². The lowest BCUT2D eigenvalue weighted by Crippen LogP contribution is -2.38. The topological polar surface area (TPSA) is 55.4 Å². The molecule has 5 heteroatoms. The molecule has 0 amide bonds. The fourth-order valence-electron chi connectivity index (χ4n) is 3.91. The van der Waals surface area contributed by atoms with Gasteiger partial charge in [0, 0.05) is 32.9 Å². The standard InChI is InChI=1S/C22H24INO3/c1-5-10-27-21(26)18-13(2)24-16-11-22(3,4)12-17(25)20(16)19(18)14-6-8-15(23)9-7-14/h5-9,19,24H,1,10-12H2,2-4H3. The molecule has 1 unspecified atom stereocenters. The summed E-state index contributed by atoms with van der Waals surface area (Å²) < 4.78 is 6.45. The number of carbonyl (C=O) groups is 2. The number of allylic oxidation sites excluding steroid dienone is 3. The molecule has 4 nitrogen and oxygen atoms in total. The number of halogens is 1. The third kappa shape index (κ3) is 4.03. The Morgan fingerprint density at radius 1 is 1.33 bits per heavy atom. The van der Waals surface area contributed by atoms with Gasteiger partial charge in [0.05, 0.1) is 5.57 Å². The minimum absolute atomic E-state index is 0.0961. The summed E-state index contributed by atoms with van der Waals surface area (Å²) in [5.41, 5.74) is 3.72. The van der Waals surface area contributed by atoms with E-state index >= 15 is 0 Å². The summed E-state index contributed by atoms with van der Waals surface area (Å²) in [5, 5.41) is 3.33. The number of rotatable bonds is 4. The first kappa shape index (κ1) is 19.9. The van der Waals surface area contributed by atoms with Crippen LogP contribution in [0.1, 0.15) is 45.1 Å². The Bertz CT molecular complexity index is 862. The number of hydrogen-bond acceptors (Lipinski definition) is 4. The van der Waals surface area contributed by atoms with Crippen molar-refractivity contribution in [3.63, 3.8) is 0 Å². The van der Waals surface area contributed by atoms with Gasteiger partial charge in [-0.2, -0.15) is 0 Å². The second-order valence-corrected chi connectivity index (χ2v) is 9.11. The SMILES string of the molecule is C=CCOC(=O)C1=C(C)NC2=C(C(=O)CC(C)(C)C2)C1c1ccc(I)cc1. The molecule has 1 N–H and O–H groups in total. The summed E-state index contributed by atoms with van der Waals surface area (Å²) in [6.45, 7) is 9.82. The lowest BCUT2D eigenvalue weighted by molar-refractivity contribution is -0.138. The predicted molar refractivity (Wildman–Crippen MR) is 114 cm³/mol. The molecular formula is C22H24INO3. The summed E-state index contributed by atoms with van der Waals surface area (Å²) in [6.07, 6.45) is 2.80. The molecule has 3 rings (SSSR count). The Balaban J connectivity index is 2.14. The minimum Gasteiger partial charge on any atom is -0.458 e. The third-order valence-corrected chi connectivity index (χ3v) is 5.71. The number of Topliss-reactive ketones (excluding diaryl/α,β-unsaturated/α-hetero) is 1. The largest absolute Gasteiger partial charge is 0.458 e. The van der Waals surface area contributed by atoms with Gasteiger partial charge in [0.25, 0.3) is 0 Å². The van der Waals surface area contributed by atoms with Crippen LogP contribution in [0.4, 0.5) is 0 Å². The Kier molecular flexibility index (Phi) is 5.60. The van der Waals surface area contributed by atoms with Crippen molar-refractivity contribution in [1.82, 2.24) is 5.32 Å². The second-order valence-electron chi connectivity index (χ2n) is 7.87. The zero-order chi connectivity index (χ0) is 19.8. The molecule has 1 atom stereocenters. The molecular weight excluding hydrogens is 453 g/mol. The van der Waals surface area contributed by atoms with Gasteiger partial charge < -0.3 is 10.1 Å². The highest BCUT2D eigenvalue weighted by molar-refractivity contribution is 14.1. The van der Waals surface area contributed by atoms with Crippen LogP contribution in [0.3, 0.4) is 0 Å². The molecule has 1 aromatic carbocycles. The van der Waals surface area contributed by atoms with E-state index in [0.29, 0.717) is 17.6 Å². The van der Waals surface area contributed by atoms with Crippen LogP contribution in [0, 0.1) is 8.99 Å². The van der Waals surface area contributed by atoms with E-state index in [4.69, 9.17) is 4.74 Å². The Morgan fingerprint density at radius 2 is 2.00 bits per heavy atom. The van der Waals surface area contributed by atoms with E-state index in [2.05, 4.69) is 48.3 Å². The molecule has 2 aliphatic rings. The molecule has 1 aliphatic carbocycles. The number of esters is 1. The van der Waals surface area contributed by atoms with Gasteiger partial charge >= 0.3 is 5.97 Å². The highest BCUT2D eigenvalue weighted by Gasteiger charge is 2.43. The summed E-state index contributed by atoms with van der Waals surface area (Å²) in [4.78, 5) is 25.9. The minimum atomic E-state index is -0.410. The summed E-state index contributed by atoms with van der Waals surface area (Å²) in [6, 6.07) is 7.97. The zero-order valence-electron chi connectivity index (χ0n) is 15.9. The zero-order valence-corrected chi connectivity index (χ0v) is 18.1. The smallest absolute Gasteiger partial charge is 0.337 e. The number of dihydropyridines is 1. The molecule has 0 fully saturated rings. The summed E-state index contributed by atoms with van der Waals surface area (Å²) >= 11 is 2.25. The van der Waals surface area contributed by atoms with Crippen LogP contribution in [0.2, 0.25) is 0 Å². The van der Waals surface area contributed by atoms with E-state index in [1.807, 2.05) is 31.2 Å². The van der Waals surface area contributed by atoms with Gasteiger partial charge in [0.2, 0.25) is 0 Å². The fourth-order valence-corrected chi connectivity index (χ4v) is 4.27. The first-order valence-electron chi connectivity index (χ1n) is 9.01. The molecule has 1 aliphatic heterocycles. The van der Waals surface area contributed by atoms with Crippen molar-refractivity contribution in [3.8, 4) is 0 Å². The maximum absolute atomic E-state index is 13.1. The first-order valence-corrected chi connectivity index (χ1v) is 10.1. The van der Waals surface area contributed by atoms with Gasteiger partial charge in [-0.3, -0.25) is 4.79 Å². The van der Waals surface area contributed by atoms with Crippen molar-refractivity contribution < 1.29 is 14.3 Å². The Morgan fingerprint density at radius 3 is 2.63 bits per heavy atom. The monoisotopic (exact) mass is 477 g/mol. The molecule has 1 heterocycles. The lowest BCUT2D eigenvalue weighted by atomic mass is 9.68. The van der Waals surface area contributed by atoms with Crippen molar-refractivity contribution in [2.45, 2.75) is 39.5 Å². The maximum atomic E-state index is 13.1. The fraction of sp³-hybridized carbons (Fsp3) is 0.364. The Labute approximate surface area is 173 Å². The van der Waals surface area contributed by atoms with Gasteiger partial charge in [-0.05, 0) is 59.0 Å². The van der Waals surface area contributed by atoms with Gasteiger partial charge in [-0.25, -0.2) is 4.79 Å². The van der Waals surface area contributed by atoms with Crippen molar-refractivity contribution in [1.29, 1.82) is 0 Å². The van der Waals surface area contributed by atoms with Crippen LogP contribution in [-0.4, -0.2) is 18.4 Å². The highest BCUT2D eigenvalue weighted by atomic mass is 127. The van der Waals surface area contributed by atoms with E-state index in [0.717, 1.165) is 26.9 Å². The number of benzene rings is 1. The van der Waals surface area contributed by atoms with Crippen LogP contribution in [0.25, 0.3) is 0 Å². The number of carbonyl (C=O) groups excluding carboxylic acids is 2. The molecule has 0 radical (unpaired) electrons. The van der Waals surface area contributed by atoms with Crippen molar-refractivity contribution in [2.24, 2.45) is 5.41 Å². The molecule has 0 saturated heterocycles. The summed E-state index contributed by atoms with van der Waals surface area (Å²) in [7, 11) is 0. The second kappa shape index (κ2) is 7.62. The number of ketones is 1. The van der Waals surface area contributed by atoms with Crippen molar-refractivity contribution >= 4 is 34.3 Å². The number of hydrogen-bond donors (Lipinski definition) is 1. The van der Waals surface area contributed by atoms with Crippen LogP contribution in [0.5, 0.6) is 0 Å². The van der Waals surface area contributed by atoms with Gasteiger partial charge in [-0.1, -0.05) is 38.6 Å². The third-order valence-electron chi connectivity index (χ3n) is 5.00. The lowest BCUT2D eigenvalue weighted by Gasteiger charge is -2.39. The van der Waals surface area contributed by atoms with Crippen LogP contribution >= 0.6 is 22.6 Å². The van der Waals surface area contributed by atoms with E-state index < -0.39 is 11.9 Å². The van der Waals surface area contributed by atoms with Crippen LogP contribution in [-0.2, 0) is 14.3 Å². The van der Waals surface area contributed by atoms with Gasteiger partial charge in [0.15, 0.2) is 5.78 Å². The Hall–Kier alpha value is -1.89. The molecule has 0 spiro atoms. The highest BCUT2D eigenvalue weighted by Crippen LogP contribution is 2.46. The number of ether oxygens (including phenoxy) is 1. The molecule has 0 bridgehead atoms. The van der Waals surface area contributed by atoms with E-state index in [1.54, 1.807) is 6.08 Å². The average molecular weight is 477 g/mol. The molecule has 142 valence electrons. The normalized spacial score (nSPS) is 21.5.